The van der Waals surface area contributed by atoms with E-state index in [1.165, 1.54) is 11.1 Å². The monoisotopic (exact) mass is 206 g/mol. The van der Waals surface area contributed by atoms with E-state index in [2.05, 4.69) is 32.0 Å². The molecule has 1 aromatic carbocycles. The summed E-state index contributed by atoms with van der Waals surface area (Å²) < 4.78 is 11.5. The first-order chi connectivity index (χ1) is 7.12. The molecule has 0 atom stereocenters. The van der Waals surface area contributed by atoms with Crippen molar-refractivity contribution in [2.75, 3.05) is 13.2 Å². The van der Waals surface area contributed by atoms with E-state index in [4.69, 9.17) is 9.47 Å². The van der Waals surface area contributed by atoms with E-state index in [9.17, 15) is 0 Å². The van der Waals surface area contributed by atoms with Crippen molar-refractivity contribution in [1.82, 2.24) is 0 Å². The highest BCUT2D eigenvalue weighted by Gasteiger charge is 2.32. The maximum absolute atomic E-state index is 5.75. The van der Waals surface area contributed by atoms with E-state index < -0.39 is 5.79 Å². The van der Waals surface area contributed by atoms with Crippen molar-refractivity contribution in [1.29, 1.82) is 0 Å². The Bertz CT molecular complexity index is 352. The van der Waals surface area contributed by atoms with Gasteiger partial charge in [-0.3, -0.25) is 0 Å². The quantitative estimate of drug-likeness (QED) is 0.703. The number of aryl methyl sites for hydroxylation is 2. The van der Waals surface area contributed by atoms with Crippen molar-refractivity contribution in [2.45, 2.75) is 33.0 Å². The van der Waals surface area contributed by atoms with E-state index in [1.807, 2.05) is 6.92 Å². The predicted molar refractivity (Wildman–Crippen MR) is 59.8 cm³/mol. The molecule has 1 fully saturated rings. The molecule has 0 N–H and O–H groups in total. The molecule has 0 aliphatic carbocycles. The van der Waals surface area contributed by atoms with Gasteiger partial charge in [0.2, 0.25) is 0 Å². The summed E-state index contributed by atoms with van der Waals surface area (Å²) in [7, 11) is 0. The van der Waals surface area contributed by atoms with Crippen LogP contribution in [0.2, 0.25) is 0 Å². The summed E-state index contributed by atoms with van der Waals surface area (Å²) in [5.74, 6) is -0.546. The molecule has 1 aromatic rings. The van der Waals surface area contributed by atoms with Gasteiger partial charge in [-0.15, -0.1) is 0 Å². The molecule has 1 aliphatic heterocycles. The van der Waals surface area contributed by atoms with Gasteiger partial charge in [0, 0.05) is 5.56 Å². The number of benzene rings is 1. The Balaban J connectivity index is 2.35. The zero-order valence-corrected chi connectivity index (χ0v) is 9.67. The maximum atomic E-state index is 5.75. The molecule has 0 saturated carbocycles. The van der Waals surface area contributed by atoms with Gasteiger partial charge in [-0.2, -0.15) is 0 Å². The first kappa shape index (κ1) is 10.7. The average molecular weight is 206 g/mol. The van der Waals surface area contributed by atoms with Crippen molar-refractivity contribution in [3.8, 4) is 0 Å². The van der Waals surface area contributed by atoms with Crippen LogP contribution < -0.4 is 0 Å². The van der Waals surface area contributed by atoms with Gasteiger partial charge in [-0.25, -0.2) is 0 Å². The van der Waals surface area contributed by atoms with Gasteiger partial charge in [0.15, 0.2) is 5.79 Å². The minimum Gasteiger partial charge on any atom is -0.346 e. The van der Waals surface area contributed by atoms with Gasteiger partial charge in [0.1, 0.15) is 0 Å². The molecule has 15 heavy (non-hydrogen) atoms. The SMILES string of the molecule is Cc1ccc(C2(C)OCCCO2)c(C)c1. The predicted octanol–water partition coefficient (Wildman–Crippen LogP) is 2.91. The number of ether oxygens (including phenoxy) is 2. The fraction of sp³-hybridized carbons (Fsp3) is 0.538. The van der Waals surface area contributed by atoms with Crippen LogP contribution in [0, 0.1) is 13.8 Å². The molecule has 0 radical (unpaired) electrons. The second-order valence-electron chi connectivity index (χ2n) is 4.31. The summed E-state index contributed by atoms with van der Waals surface area (Å²) in [5, 5.41) is 0. The lowest BCUT2D eigenvalue weighted by Crippen LogP contribution is -2.35. The smallest absolute Gasteiger partial charge is 0.192 e. The molecule has 82 valence electrons. The Hall–Kier alpha value is -0.860. The summed E-state index contributed by atoms with van der Waals surface area (Å²) in [6, 6.07) is 6.38. The number of rotatable bonds is 1. The lowest BCUT2D eigenvalue weighted by Gasteiger charge is -2.35. The van der Waals surface area contributed by atoms with E-state index in [-0.39, 0.29) is 0 Å². The number of hydrogen-bond acceptors (Lipinski definition) is 2. The summed E-state index contributed by atoms with van der Waals surface area (Å²) >= 11 is 0. The largest absolute Gasteiger partial charge is 0.346 e. The van der Waals surface area contributed by atoms with Crippen LogP contribution in [-0.2, 0) is 15.3 Å². The Kier molecular flexibility index (Phi) is 2.81. The van der Waals surface area contributed by atoms with Gasteiger partial charge in [0.05, 0.1) is 13.2 Å². The molecule has 2 heteroatoms. The molecule has 0 unspecified atom stereocenters. The van der Waals surface area contributed by atoms with Crippen molar-refractivity contribution in [3.63, 3.8) is 0 Å². The van der Waals surface area contributed by atoms with E-state index >= 15 is 0 Å². The normalized spacial score (nSPS) is 20.2. The zero-order valence-electron chi connectivity index (χ0n) is 9.67. The van der Waals surface area contributed by atoms with Gasteiger partial charge in [-0.05, 0) is 32.8 Å². The molecule has 1 aliphatic rings. The molecule has 0 bridgehead atoms. The molecule has 2 rings (SSSR count). The van der Waals surface area contributed by atoms with Crippen LogP contribution in [0.5, 0.6) is 0 Å². The molecule has 1 saturated heterocycles. The molecule has 1 heterocycles. The van der Waals surface area contributed by atoms with Crippen LogP contribution in [-0.4, -0.2) is 13.2 Å². The molecule has 0 amide bonds. The van der Waals surface area contributed by atoms with Crippen molar-refractivity contribution < 1.29 is 9.47 Å². The Labute approximate surface area is 91.2 Å². The highest BCUT2D eigenvalue weighted by molar-refractivity contribution is 5.33. The topological polar surface area (TPSA) is 18.5 Å². The van der Waals surface area contributed by atoms with Gasteiger partial charge in [0.25, 0.3) is 0 Å². The number of hydrogen-bond donors (Lipinski definition) is 0. The lowest BCUT2D eigenvalue weighted by molar-refractivity contribution is -0.265. The highest BCUT2D eigenvalue weighted by Crippen LogP contribution is 2.32. The first-order valence-electron chi connectivity index (χ1n) is 5.47. The van der Waals surface area contributed by atoms with Crippen LogP contribution in [0.15, 0.2) is 18.2 Å². The fourth-order valence-corrected chi connectivity index (χ4v) is 2.11. The van der Waals surface area contributed by atoms with Crippen molar-refractivity contribution in [3.05, 3.63) is 34.9 Å². The van der Waals surface area contributed by atoms with Gasteiger partial charge in [-0.1, -0.05) is 23.8 Å². The standard InChI is InChI=1S/C13H18O2/c1-10-5-6-12(11(2)9-10)13(3)14-7-4-8-15-13/h5-6,9H,4,7-8H2,1-3H3. The van der Waals surface area contributed by atoms with Crippen LogP contribution in [0.1, 0.15) is 30.0 Å². The van der Waals surface area contributed by atoms with Crippen molar-refractivity contribution in [2.24, 2.45) is 0 Å². The first-order valence-corrected chi connectivity index (χ1v) is 5.47. The third-order valence-electron chi connectivity index (χ3n) is 2.91. The van der Waals surface area contributed by atoms with E-state index in [1.54, 1.807) is 0 Å². The molecule has 0 spiro atoms. The fourth-order valence-electron chi connectivity index (χ4n) is 2.11. The Morgan fingerprint density at radius 1 is 1.13 bits per heavy atom. The Morgan fingerprint density at radius 3 is 2.40 bits per heavy atom. The van der Waals surface area contributed by atoms with Crippen LogP contribution in [0.4, 0.5) is 0 Å². The second-order valence-corrected chi connectivity index (χ2v) is 4.31. The minimum absolute atomic E-state index is 0.546. The summed E-state index contributed by atoms with van der Waals surface area (Å²) in [5.41, 5.74) is 3.66. The van der Waals surface area contributed by atoms with Crippen LogP contribution in [0.3, 0.4) is 0 Å². The van der Waals surface area contributed by atoms with E-state index in [0.717, 1.165) is 25.2 Å². The summed E-state index contributed by atoms with van der Waals surface area (Å²) in [6.07, 6.45) is 0.987. The third-order valence-corrected chi connectivity index (χ3v) is 2.91. The minimum atomic E-state index is -0.546. The molecule has 2 nitrogen and oxygen atoms in total. The lowest BCUT2D eigenvalue weighted by atomic mass is 9.99. The van der Waals surface area contributed by atoms with Crippen LogP contribution in [0.25, 0.3) is 0 Å². The van der Waals surface area contributed by atoms with Crippen LogP contribution >= 0.6 is 0 Å². The molecule has 0 aromatic heterocycles. The third kappa shape index (κ3) is 2.06. The Morgan fingerprint density at radius 2 is 1.80 bits per heavy atom. The summed E-state index contributed by atoms with van der Waals surface area (Å²) in [4.78, 5) is 0. The molecular weight excluding hydrogens is 188 g/mol. The highest BCUT2D eigenvalue weighted by atomic mass is 16.7. The van der Waals surface area contributed by atoms with Crippen molar-refractivity contribution >= 4 is 0 Å². The average Bonchev–Trinajstić information content (AvgIpc) is 2.18. The maximum Gasteiger partial charge on any atom is 0.192 e. The zero-order chi connectivity index (χ0) is 10.9. The second kappa shape index (κ2) is 3.95. The summed E-state index contributed by atoms with van der Waals surface area (Å²) in [6.45, 7) is 7.77. The van der Waals surface area contributed by atoms with E-state index in [0.29, 0.717) is 0 Å². The molecular formula is C13H18O2. The van der Waals surface area contributed by atoms with Gasteiger partial charge >= 0.3 is 0 Å². The van der Waals surface area contributed by atoms with Gasteiger partial charge < -0.3 is 9.47 Å².